The molecular weight excluding hydrogens is 250 g/mol. The number of aryl methyl sites for hydroxylation is 1. The highest BCUT2D eigenvalue weighted by Crippen LogP contribution is 2.17. The number of rotatable bonds is 6. The fourth-order valence-corrected chi connectivity index (χ4v) is 2.01. The monoisotopic (exact) mass is 271 g/mol. The maximum Gasteiger partial charge on any atom is 0.224 e. The Morgan fingerprint density at radius 3 is 2.55 bits per heavy atom. The second-order valence-electron chi connectivity index (χ2n) is 4.59. The highest BCUT2D eigenvalue weighted by atomic mass is 15.2. The van der Waals surface area contributed by atoms with E-state index in [1.54, 1.807) is 0 Å². The van der Waals surface area contributed by atoms with Crippen molar-refractivity contribution in [3.05, 3.63) is 41.9 Å². The predicted octanol–water partition coefficient (Wildman–Crippen LogP) is 2.64. The van der Waals surface area contributed by atoms with Crippen LogP contribution in [-0.4, -0.2) is 28.0 Å². The normalized spacial score (nSPS) is 10.3. The first-order chi connectivity index (χ1) is 9.72. The van der Waals surface area contributed by atoms with Crippen molar-refractivity contribution in [3.8, 4) is 0 Å². The molecule has 2 aromatic heterocycles. The minimum absolute atomic E-state index is 0.690. The second-order valence-corrected chi connectivity index (χ2v) is 4.59. The summed E-state index contributed by atoms with van der Waals surface area (Å²) in [6.45, 7) is 8.70. The molecule has 0 aromatic carbocycles. The smallest absolute Gasteiger partial charge is 0.224 e. The molecule has 2 heterocycles. The van der Waals surface area contributed by atoms with Crippen LogP contribution in [0.25, 0.3) is 0 Å². The molecule has 0 saturated carbocycles. The van der Waals surface area contributed by atoms with Gasteiger partial charge in [0.1, 0.15) is 5.82 Å². The van der Waals surface area contributed by atoms with Crippen molar-refractivity contribution < 1.29 is 0 Å². The zero-order valence-electron chi connectivity index (χ0n) is 12.3. The number of aromatic nitrogens is 3. The van der Waals surface area contributed by atoms with Crippen molar-refractivity contribution >= 4 is 11.8 Å². The van der Waals surface area contributed by atoms with E-state index in [-0.39, 0.29) is 0 Å². The van der Waals surface area contributed by atoms with Gasteiger partial charge in [-0.25, -0.2) is 4.98 Å². The number of hydrogen-bond donors (Lipinski definition) is 1. The average molecular weight is 271 g/mol. The summed E-state index contributed by atoms with van der Waals surface area (Å²) >= 11 is 0. The molecule has 0 saturated heterocycles. The molecule has 106 valence electrons. The molecule has 0 aliphatic heterocycles. The Morgan fingerprint density at radius 1 is 1.15 bits per heavy atom. The fraction of sp³-hybridized carbons (Fsp3) is 0.400. The predicted molar refractivity (Wildman–Crippen MR) is 81.9 cm³/mol. The molecule has 0 bridgehead atoms. The van der Waals surface area contributed by atoms with Gasteiger partial charge in [0.15, 0.2) is 0 Å². The topological polar surface area (TPSA) is 53.9 Å². The largest absolute Gasteiger partial charge is 0.354 e. The van der Waals surface area contributed by atoms with Crippen LogP contribution in [0.1, 0.15) is 25.1 Å². The Hall–Kier alpha value is -2.17. The summed E-state index contributed by atoms with van der Waals surface area (Å²) < 4.78 is 0. The van der Waals surface area contributed by atoms with Gasteiger partial charge in [-0.1, -0.05) is 0 Å². The summed E-state index contributed by atoms with van der Waals surface area (Å²) in [5.41, 5.74) is 2.20. The van der Waals surface area contributed by atoms with E-state index < -0.39 is 0 Å². The molecule has 0 radical (unpaired) electrons. The molecule has 0 atom stereocenters. The Balaban J connectivity index is 2.22. The van der Waals surface area contributed by atoms with Gasteiger partial charge in [-0.2, -0.15) is 4.98 Å². The molecule has 20 heavy (non-hydrogen) atoms. The average Bonchev–Trinajstić information content (AvgIpc) is 2.45. The van der Waals surface area contributed by atoms with E-state index in [0.29, 0.717) is 5.95 Å². The van der Waals surface area contributed by atoms with Crippen LogP contribution >= 0.6 is 0 Å². The van der Waals surface area contributed by atoms with Gasteiger partial charge in [-0.15, -0.1) is 0 Å². The highest BCUT2D eigenvalue weighted by molar-refractivity contribution is 5.45. The quantitative estimate of drug-likeness (QED) is 0.875. The number of anilines is 2. The fourth-order valence-electron chi connectivity index (χ4n) is 2.01. The standard InChI is InChI=1S/C15H21N5/c1-4-17-15-18-12(3)10-14(19-15)20(5-2)11-13-6-8-16-9-7-13/h6-10H,4-5,11H2,1-3H3,(H,17,18,19). The van der Waals surface area contributed by atoms with Crippen LogP contribution in [0.15, 0.2) is 30.6 Å². The van der Waals surface area contributed by atoms with Crippen molar-refractivity contribution in [3.63, 3.8) is 0 Å². The van der Waals surface area contributed by atoms with Gasteiger partial charge in [-0.05, 0) is 38.5 Å². The Bertz CT molecular complexity index is 541. The number of nitrogens with one attached hydrogen (secondary N) is 1. The summed E-state index contributed by atoms with van der Waals surface area (Å²) in [5.74, 6) is 1.64. The zero-order valence-corrected chi connectivity index (χ0v) is 12.3. The summed E-state index contributed by atoms with van der Waals surface area (Å²) in [4.78, 5) is 15.2. The summed E-state index contributed by atoms with van der Waals surface area (Å²) in [6, 6.07) is 6.08. The van der Waals surface area contributed by atoms with Crippen LogP contribution in [0, 0.1) is 6.92 Å². The second kappa shape index (κ2) is 6.84. The lowest BCUT2D eigenvalue weighted by molar-refractivity contribution is 0.807. The van der Waals surface area contributed by atoms with E-state index in [0.717, 1.165) is 31.1 Å². The first-order valence-corrected chi connectivity index (χ1v) is 6.96. The summed E-state index contributed by atoms with van der Waals surface area (Å²) in [5, 5.41) is 3.17. The Labute approximate surface area is 120 Å². The molecule has 5 heteroatoms. The molecule has 2 aromatic rings. The summed E-state index contributed by atoms with van der Waals surface area (Å²) in [6.07, 6.45) is 3.64. The van der Waals surface area contributed by atoms with Crippen molar-refractivity contribution in [1.82, 2.24) is 15.0 Å². The molecule has 2 rings (SSSR count). The SMILES string of the molecule is CCNc1nc(C)cc(N(CC)Cc2ccncc2)n1. The van der Waals surface area contributed by atoms with E-state index >= 15 is 0 Å². The van der Waals surface area contributed by atoms with Gasteiger partial charge in [-0.3, -0.25) is 4.98 Å². The Morgan fingerprint density at radius 2 is 1.90 bits per heavy atom. The molecule has 0 aliphatic carbocycles. The first kappa shape index (κ1) is 14.2. The van der Waals surface area contributed by atoms with Gasteiger partial charge in [0.25, 0.3) is 0 Å². The van der Waals surface area contributed by atoms with Crippen molar-refractivity contribution in [2.24, 2.45) is 0 Å². The summed E-state index contributed by atoms with van der Waals surface area (Å²) in [7, 11) is 0. The minimum Gasteiger partial charge on any atom is -0.354 e. The van der Waals surface area contributed by atoms with E-state index in [9.17, 15) is 0 Å². The van der Waals surface area contributed by atoms with E-state index in [2.05, 4.69) is 32.1 Å². The number of pyridine rings is 1. The minimum atomic E-state index is 0.690. The van der Waals surface area contributed by atoms with Crippen LogP contribution in [0.5, 0.6) is 0 Å². The van der Waals surface area contributed by atoms with Gasteiger partial charge in [0.05, 0.1) is 0 Å². The van der Waals surface area contributed by atoms with Crippen LogP contribution < -0.4 is 10.2 Å². The maximum absolute atomic E-state index is 4.58. The molecule has 0 amide bonds. The third-order valence-corrected chi connectivity index (χ3v) is 3.00. The molecule has 0 spiro atoms. The lowest BCUT2D eigenvalue weighted by Crippen LogP contribution is -2.24. The number of nitrogens with zero attached hydrogens (tertiary/aromatic N) is 4. The van der Waals surface area contributed by atoms with Crippen LogP contribution in [0.3, 0.4) is 0 Å². The molecule has 0 aliphatic rings. The lowest BCUT2D eigenvalue weighted by atomic mass is 10.2. The molecular formula is C15H21N5. The molecule has 1 N–H and O–H groups in total. The van der Waals surface area contributed by atoms with Gasteiger partial charge in [0, 0.05) is 43.8 Å². The van der Waals surface area contributed by atoms with Crippen molar-refractivity contribution in [1.29, 1.82) is 0 Å². The number of hydrogen-bond acceptors (Lipinski definition) is 5. The third kappa shape index (κ3) is 3.66. The van der Waals surface area contributed by atoms with E-state index in [4.69, 9.17) is 0 Å². The zero-order chi connectivity index (χ0) is 14.4. The van der Waals surface area contributed by atoms with E-state index in [1.807, 2.05) is 44.4 Å². The van der Waals surface area contributed by atoms with Crippen LogP contribution in [0.2, 0.25) is 0 Å². The van der Waals surface area contributed by atoms with Crippen molar-refractivity contribution in [2.45, 2.75) is 27.3 Å². The lowest BCUT2D eigenvalue weighted by Gasteiger charge is -2.22. The molecule has 0 fully saturated rings. The first-order valence-electron chi connectivity index (χ1n) is 6.96. The van der Waals surface area contributed by atoms with Crippen molar-refractivity contribution in [2.75, 3.05) is 23.3 Å². The Kier molecular flexibility index (Phi) is 4.87. The molecule has 0 unspecified atom stereocenters. The van der Waals surface area contributed by atoms with Gasteiger partial charge >= 0.3 is 0 Å². The van der Waals surface area contributed by atoms with Gasteiger partial charge < -0.3 is 10.2 Å². The maximum atomic E-state index is 4.58. The molecule has 5 nitrogen and oxygen atoms in total. The van der Waals surface area contributed by atoms with Gasteiger partial charge in [0.2, 0.25) is 5.95 Å². The van der Waals surface area contributed by atoms with Crippen LogP contribution in [-0.2, 0) is 6.54 Å². The van der Waals surface area contributed by atoms with Crippen LogP contribution in [0.4, 0.5) is 11.8 Å². The van der Waals surface area contributed by atoms with E-state index in [1.165, 1.54) is 5.56 Å². The third-order valence-electron chi connectivity index (χ3n) is 3.00. The highest BCUT2D eigenvalue weighted by Gasteiger charge is 2.09.